The number of fused-ring (bicyclic) bond motifs is 1. The second-order valence-electron chi connectivity index (χ2n) is 4.24. The lowest BCUT2D eigenvalue weighted by Crippen LogP contribution is -2.13. The van der Waals surface area contributed by atoms with E-state index >= 15 is 0 Å². The minimum Gasteiger partial charge on any atom is -0.310 e. The molecule has 0 radical (unpaired) electrons. The van der Waals surface area contributed by atoms with Crippen LogP contribution in [0.1, 0.15) is 15.7 Å². The summed E-state index contributed by atoms with van der Waals surface area (Å²) in [5.41, 5.74) is 2.43. The van der Waals surface area contributed by atoms with Gasteiger partial charge in [0.25, 0.3) is 0 Å². The Bertz CT molecular complexity index is 721. The molecule has 0 aliphatic carbocycles. The lowest BCUT2D eigenvalue weighted by atomic mass is 10.1. The summed E-state index contributed by atoms with van der Waals surface area (Å²) in [5.74, 6) is -0.0351. The van der Waals surface area contributed by atoms with E-state index in [1.165, 1.54) is 0 Å². The molecule has 1 aromatic heterocycles. The van der Waals surface area contributed by atoms with Crippen molar-refractivity contribution in [2.75, 3.05) is 0 Å². The van der Waals surface area contributed by atoms with Gasteiger partial charge in [-0.15, -0.1) is 12.6 Å². The molecule has 1 heterocycles. The number of aromatic nitrogens is 2. The third-order valence-electron chi connectivity index (χ3n) is 3.04. The molecular formula is C15H12N2OS. The zero-order chi connectivity index (χ0) is 13.2. The molecule has 0 aliphatic heterocycles. The Morgan fingerprint density at radius 2 is 1.74 bits per heavy atom. The molecule has 3 rings (SSSR count). The number of imidazole rings is 1. The fraction of sp³-hybridized carbons (Fsp3) is 0.0667. The summed E-state index contributed by atoms with van der Waals surface area (Å²) in [6, 6.07) is 16.9. The van der Waals surface area contributed by atoms with Crippen molar-refractivity contribution in [3.63, 3.8) is 0 Å². The van der Waals surface area contributed by atoms with E-state index in [1.807, 2.05) is 42.5 Å². The van der Waals surface area contributed by atoms with Gasteiger partial charge in [-0.05, 0) is 12.1 Å². The number of carbonyl (C=O) groups excluding carboxylic acids is 1. The summed E-state index contributed by atoms with van der Waals surface area (Å²) in [6.07, 6.45) is 1.66. The number of thiol groups is 1. The molecule has 3 nitrogen and oxygen atoms in total. The van der Waals surface area contributed by atoms with Gasteiger partial charge in [-0.1, -0.05) is 42.5 Å². The van der Waals surface area contributed by atoms with E-state index in [2.05, 4.69) is 17.6 Å². The maximum Gasteiger partial charge on any atom is 0.195 e. The zero-order valence-corrected chi connectivity index (χ0v) is 11.0. The summed E-state index contributed by atoms with van der Waals surface area (Å²) in [5, 5.41) is -0.560. The number of hydrogen-bond donors (Lipinski definition) is 1. The molecule has 0 fully saturated rings. The first-order chi connectivity index (χ1) is 9.27. The van der Waals surface area contributed by atoms with Crippen molar-refractivity contribution in [2.45, 2.75) is 5.37 Å². The molecular weight excluding hydrogens is 256 g/mol. The van der Waals surface area contributed by atoms with E-state index < -0.39 is 5.37 Å². The maximum absolute atomic E-state index is 12.4. The van der Waals surface area contributed by atoms with Crippen molar-refractivity contribution in [2.24, 2.45) is 0 Å². The molecule has 1 atom stereocenters. The van der Waals surface area contributed by atoms with Crippen LogP contribution in [0.4, 0.5) is 0 Å². The third-order valence-corrected chi connectivity index (χ3v) is 3.52. The lowest BCUT2D eigenvalue weighted by molar-refractivity contribution is 0.0969. The van der Waals surface area contributed by atoms with Gasteiger partial charge < -0.3 is 4.57 Å². The molecule has 0 bridgehead atoms. The number of carbonyl (C=O) groups is 1. The topological polar surface area (TPSA) is 34.9 Å². The predicted octanol–water partition coefficient (Wildman–Crippen LogP) is 3.35. The van der Waals surface area contributed by atoms with Crippen molar-refractivity contribution in [1.29, 1.82) is 0 Å². The van der Waals surface area contributed by atoms with Crippen LogP contribution in [0.15, 0.2) is 60.9 Å². The average Bonchev–Trinajstić information content (AvgIpc) is 2.90. The Kier molecular flexibility index (Phi) is 3.09. The summed E-state index contributed by atoms with van der Waals surface area (Å²) in [6.45, 7) is 0. The van der Waals surface area contributed by atoms with E-state index in [9.17, 15) is 4.79 Å². The van der Waals surface area contributed by atoms with Crippen LogP contribution in [-0.4, -0.2) is 15.3 Å². The van der Waals surface area contributed by atoms with Gasteiger partial charge in [-0.2, -0.15) is 0 Å². The molecule has 0 saturated heterocycles. The summed E-state index contributed by atoms with van der Waals surface area (Å²) < 4.78 is 1.79. The smallest absolute Gasteiger partial charge is 0.195 e. The van der Waals surface area contributed by atoms with Crippen LogP contribution in [0, 0.1) is 0 Å². The highest BCUT2D eigenvalue weighted by molar-refractivity contribution is 7.81. The Hall–Kier alpha value is -2.07. The first-order valence-electron chi connectivity index (χ1n) is 5.96. The molecule has 19 heavy (non-hydrogen) atoms. The Morgan fingerprint density at radius 3 is 2.53 bits per heavy atom. The molecule has 94 valence electrons. The molecule has 0 amide bonds. The van der Waals surface area contributed by atoms with Crippen LogP contribution in [0.5, 0.6) is 0 Å². The Labute approximate surface area is 116 Å². The molecule has 2 aromatic carbocycles. The van der Waals surface area contributed by atoms with Crippen molar-refractivity contribution >= 4 is 29.4 Å². The summed E-state index contributed by atoms with van der Waals surface area (Å²) >= 11 is 4.44. The molecule has 1 unspecified atom stereocenters. The monoisotopic (exact) mass is 268 g/mol. The fourth-order valence-electron chi connectivity index (χ4n) is 2.05. The SMILES string of the molecule is O=C(c1ccccc1)C(S)n1cnc2ccccc21. The quantitative estimate of drug-likeness (QED) is 0.584. The molecule has 0 N–H and O–H groups in total. The standard InChI is InChI=1S/C15H12N2OS/c18-14(11-6-2-1-3-7-11)15(19)17-10-16-12-8-4-5-9-13(12)17/h1-10,15,19H. The highest BCUT2D eigenvalue weighted by Gasteiger charge is 2.19. The first-order valence-corrected chi connectivity index (χ1v) is 6.48. The van der Waals surface area contributed by atoms with Crippen LogP contribution in [0.25, 0.3) is 11.0 Å². The van der Waals surface area contributed by atoms with Crippen molar-refractivity contribution < 1.29 is 4.79 Å². The van der Waals surface area contributed by atoms with Gasteiger partial charge in [0.15, 0.2) is 5.78 Å². The first kappa shape index (κ1) is 12.0. The number of ketones is 1. The number of para-hydroxylation sites is 2. The van der Waals surface area contributed by atoms with Crippen molar-refractivity contribution in [3.05, 3.63) is 66.5 Å². The van der Waals surface area contributed by atoms with Gasteiger partial charge in [0.05, 0.1) is 17.4 Å². The van der Waals surface area contributed by atoms with E-state index in [1.54, 1.807) is 23.0 Å². The highest BCUT2D eigenvalue weighted by atomic mass is 32.1. The van der Waals surface area contributed by atoms with E-state index in [0.29, 0.717) is 5.56 Å². The fourth-order valence-corrected chi connectivity index (χ4v) is 2.38. The number of benzene rings is 2. The van der Waals surface area contributed by atoms with E-state index in [-0.39, 0.29) is 5.78 Å². The number of Topliss-reactive ketones (excluding diaryl/α,β-unsaturated/α-hetero) is 1. The largest absolute Gasteiger partial charge is 0.310 e. The average molecular weight is 268 g/mol. The molecule has 3 aromatic rings. The van der Waals surface area contributed by atoms with Gasteiger partial charge in [0.1, 0.15) is 5.37 Å². The van der Waals surface area contributed by atoms with Crippen LogP contribution >= 0.6 is 12.6 Å². The van der Waals surface area contributed by atoms with Crippen molar-refractivity contribution in [3.8, 4) is 0 Å². The van der Waals surface area contributed by atoms with Gasteiger partial charge in [-0.25, -0.2) is 4.98 Å². The van der Waals surface area contributed by atoms with Crippen LogP contribution < -0.4 is 0 Å². The van der Waals surface area contributed by atoms with Gasteiger partial charge in [-0.3, -0.25) is 4.79 Å². The normalized spacial score (nSPS) is 12.5. The second-order valence-corrected chi connectivity index (χ2v) is 4.73. The van der Waals surface area contributed by atoms with Gasteiger partial charge >= 0.3 is 0 Å². The number of nitrogens with zero attached hydrogens (tertiary/aromatic N) is 2. The highest BCUT2D eigenvalue weighted by Crippen LogP contribution is 2.23. The van der Waals surface area contributed by atoms with E-state index in [0.717, 1.165) is 11.0 Å². The minimum absolute atomic E-state index is 0.0351. The predicted molar refractivity (Wildman–Crippen MR) is 78.5 cm³/mol. The molecule has 0 spiro atoms. The summed E-state index contributed by atoms with van der Waals surface area (Å²) in [7, 11) is 0. The second kappa shape index (κ2) is 4.90. The van der Waals surface area contributed by atoms with Crippen LogP contribution in [0.2, 0.25) is 0 Å². The van der Waals surface area contributed by atoms with Gasteiger partial charge in [0, 0.05) is 5.56 Å². The third kappa shape index (κ3) is 2.15. The number of hydrogen-bond acceptors (Lipinski definition) is 3. The van der Waals surface area contributed by atoms with Crippen molar-refractivity contribution in [1.82, 2.24) is 9.55 Å². The summed E-state index contributed by atoms with van der Waals surface area (Å²) in [4.78, 5) is 16.6. The van der Waals surface area contributed by atoms with Gasteiger partial charge in [0.2, 0.25) is 0 Å². The van der Waals surface area contributed by atoms with Crippen LogP contribution in [-0.2, 0) is 0 Å². The van der Waals surface area contributed by atoms with E-state index in [4.69, 9.17) is 0 Å². The number of rotatable bonds is 3. The maximum atomic E-state index is 12.4. The molecule has 0 aliphatic rings. The zero-order valence-electron chi connectivity index (χ0n) is 10.1. The minimum atomic E-state index is -0.560. The molecule has 4 heteroatoms. The Balaban J connectivity index is 2.00. The molecule has 0 saturated carbocycles. The lowest BCUT2D eigenvalue weighted by Gasteiger charge is -2.12. The van der Waals surface area contributed by atoms with Crippen LogP contribution in [0.3, 0.4) is 0 Å². The Morgan fingerprint density at radius 1 is 1.05 bits per heavy atom.